The number of nitrogens with one attached hydrogen (secondary N) is 2. The number of aromatic nitrogens is 2. The van der Waals surface area contributed by atoms with Gasteiger partial charge < -0.3 is 10.6 Å². The number of imide groups is 1. The first-order valence-corrected chi connectivity index (χ1v) is 7.14. The minimum atomic E-state index is -0.348. The van der Waals surface area contributed by atoms with Gasteiger partial charge in [0.25, 0.3) is 0 Å². The normalized spacial score (nSPS) is 14.0. The minimum Gasteiger partial charge on any atom is -0.376 e. The van der Waals surface area contributed by atoms with Crippen molar-refractivity contribution >= 4 is 29.2 Å². The maximum Gasteiger partial charge on any atom is 0.324 e. The zero-order chi connectivity index (χ0) is 15.5. The standard InChI is InChI=1S/C14H14ClN5O2/c15-11-8-10(2-3-12(11)20-6-1-4-18-20)17-9-13(21)19-7-5-16-14(19)22/h1-4,6,8,17H,5,7,9H2,(H,16,22). The van der Waals surface area contributed by atoms with Crippen LogP contribution in [0.25, 0.3) is 5.69 Å². The third-order valence-electron chi connectivity index (χ3n) is 3.30. The molecule has 114 valence electrons. The summed E-state index contributed by atoms with van der Waals surface area (Å²) < 4.78 is 1.66. The Kier molecular flexibility index (Phi) is 3.97. The number of carbonyl (C=O) groups is 2. The van der Waals surface area contributed by atoms with E-state index < -0.39 is 0 Å². The highest BCUT2D eigenvalue weighted by molar-refractivity contribution is 6.32. The van der Waals surface area contributed by atoms with E-state index in [0.717, 1.165) is 5.69 Å². The second-order valence-corrected chi connectivity index (χ2v) is 5.15. The van der Waals surface area contributed by atoms with Crippen molar-refractivity contribution in [2.45, 2.75) is 0 Å². The van der Waals surface area contributed by atoms with Crippen LogP contribution in [0.2, 0.25) is 5.02 Å². The zero-order valence-corrected chi connectivity index (χ0v) is 12.4. The summed E-state index contributed by atoms with van der Waals surface area (Å²) in [5, 5.41) is 10.2. The van der Waals surface area contributed by atoms with Gasteiger partial charge in [-0.05, 0) is 24.3 Å². The Morgan fingerprint density at radius 2 is 2.32 bits per heavy atom. The van der Waals surface area contributed by atoms with Gasteiger partial charge in [-0.25, -0.2) is 9.48 Å². The van der Waals surface area contributed by atoms with Crippen LogP contribution in [0.4, 0.5) is 10.5 Å². The second-order valence-electron chi connectivity index (χ2n) is 4.75. The maximum atomic E-state index is 11.9. The average molecular weight is 320 g/mol. The van der Waals surface area contributed by atoms with Crippen LogP contribution in [0.5, 0.6) is 0 Å². The molecule has 0 aliphatic carbocycles. The Hall–Kier alpha value is -2.54. The Morgan fingerprint density at radius 3 is 2.95 bits per heavy atom. The van der Waals surface area contributed by atoms with E-state index >= 15 is 0 Å². The lowest BCUT2D eigenvalue weighted by molar-refractivity contribution is -0.125. The van der Waals surface area contributed by atoms with Gasteiger partial charge in [0, 0.05) is 31.2 Å². The van der Waals surface area contributed by atoms with Crippen molar-refractivity contribution in [3.05, 3.63) is 41.7 Å². The molecular weight excluding hydrogens is 306 g/mol. The molecule has 1 aliphatic rings. The SMILES string of the molecule is O=C(CNc1ccc(-n2cccn2)c(Cl)c1)N1CCNC1=O. The van der Waals surface area contributed by atoms with Gasteiger partial charge in [-0.3, -0.25) is 9.69 Å². The Bertz CT molecular complexity index is 701. The molecule has 2 N–H and O–H groups in total. The van der Waals surface area contributed by atoms with Crippen LogP contribution in [0.1, 0.15) is 0 Å². The van der Waals surface area contributed by atoms with E-state index in [4.69, 9.17) is 11.6 Å². The molecule has 0 radical (unpaired) electrons. The molecule has 0 bridgehead atoms. The molecule has 1 aliphatic heterocycles. The van der Waals surface area contributed by atoms with Crippen molar-refractivity contribution in [3.8, 4) is 5.69 Å². The topological polar surface area (TPSA) is 79.3 Å². The summed E-state index contributed by atoms with van der Waals surface area (Å²) in [4.78, 5) is 24.5. The van der Waals surface area contributed by atoms with Crippen molar-refractivity contribution < 1.29 is 9.59 Å². The van der Waals surface area contributed by atoms with E-state index in [1.54, 1.807) is 29.2 Å². The predicted molar refractivity (Wildman–Crippen MR) is 82.2 cm³/mol. The molecule has 2 aromatic rings. The van der Waals surface area contributed by atoms with Crippen molar-refractivity contribution in [2.75, 3.05) is 25.0 Å². The van der Waals surface area contributed by atoms with Gasteiger partial charge in [0.15, 0.2) is 0 Å². The van der Waals surface area contributed by atoms with E-state index in [9.17, 15) is 9.59 Å². The summed E-state index contributed by atoms with van der Waals surface area (Å²) in [6.07, 6.45) is 3.46. The summed E-state index contributed by atoms with van der Waals surface area (Å²) in [5.74, 6) is -0.276. The van der Waals surface area contributed by atoms with Gasteiger partial charge in [-0.15, -0.1) is 0 Å². The van der Waals surface area contributed by atoms with Crippen LogP contribution in [-0.4, -0.2) is 46.3 Å². The van der Waals surface area contributed by atoms with Crippen LogP contribution >= 0.6 is 11.6 Å². The number of hydrogen-bond acceptors (Lipinski definition) is 4. The van der Waals surface area contributed by atoms with Gasteiger partial charge in [-0.1, -0.05) is 11.6 Å². The van der Waals surface area contributed by atoms with Crippen LogP contribution in [0, 0.1) is 0 Å². The first-order chi connectivity index (χ1) is 10.6. The van der Waals surface area contributed by atoms with Gasteiger partial charge >= 0.3 is 6.03 Å². The third-order valence-corrected chi connectivity index (χ3v) is 3.60. The van der Waals surface area contributed by atoms with Crippen molar-refractivity contribution in [1.29, 1.82) is 0 Å². The quantitative estimate of drug-likeness (QED) is 0.895. The molecule has 0 atom stereocenters. The lowest BCUT2D eigenvalue weighted by Crippen LogP contribution is -2.37. The van der Waals surface area contributed by atoms with Crippen molar-refractivity contribution in [3.63, 3.8) is 0 Å². The highest BCUT2D eigenvalue weighted by atomic mass is 35.5. The monoisotopic (exact) mass is 319 g/mol. The molecule has 0 unspecified atom stereocenters. The fraction of sp³-hybridized carbons (Fsp3) is 0.214. The van der Waals surface area contributed by atoms with E-state index in [2.05, 4.69) is 15.7 Å². The number of urea groups is 1. The molecule has 2 heterocycles. The maximum absolute atomic E-state index is 11.9. The van der Waals surface area contributed by atoms with E-state index in [1.165, 1.54) is 4.90 Å². The number of rotatable bonds is 4. The highest BCUT2D eigenvalue weighted by Crippen LogP contribution is 2.23. The number of halogens is 1. The van der Waals surface area contributed by atoms with Crippen LogP contribution in [0.3, 0.4) is 0 Å². The Balaban J connectivity index is 1.65. The summed E-state index contributed by atoms with van der Waals surface area (Å²) in [6, 6.07) is 6.79. The van der Waals surface area contributed by atoms with Crippen molar-refractivity contribution in [1.82, 2.24) is 20.0 Å². The number of benzene rings is 1. The number of nitrogens with zero attached hydrogens (tertiary/aromatic N) is 3. The van der Waals surface area contributed by atoms with E-state index in [0.29, 0.717) is 23.8 Å². The zero-order valence-electron chi connectivity index (χ0n) is 11.6. The van der Waals surface area contributed by atoms with E-state index in [1.807, 2.05) is 12.1 Å². The smallest absolute Gasteiger partial charge is 0.324 e. The van der Waals surface area contributed by atoms with Gasteiger partial charge in [0.05, 0.1) is 17.3 Å². The van der Waals surface area contributed by atoms with Crippen LogP contribution in [-0.2, 0) is 4.79 Å². The van der Waals surface area contributed by atoms with E-state index in [-0.39, 0.29) is 18.5 Å². The molecule has 3 amide bonds. The first kappa shape index (κ1) is 14.4. The lowest BCUT2D eigenvalue weighted by Gasteiger charge is -2.14. The molecule has 22 heavy (non-hydrogen) atoms. The van der Waals surface area contributed by atoms with Crippen LogP contribution in [0.15, 0.2) is 36.7 Å². The molecule has 1 saturated heterocycles. The minimum absolute atomic E-state index is 0.0326. The molecule has 8 heteroatoms. The molecule has 0 spiro atoms. The predicted octanol–water partition coefficient (Wildman–Crippen LogP) is 1.49. The van der Waals surface area contributed by atoms with Crippen molar-refractivity contribution in [2.24, 2.45) is 0 Å². The molecule has 0 saturated carbocycles. The largest absolute Gasteiger partial charge is 0.376 e. The molecular formula is C14H14ClN5O2. The molecule has 1 fully saturated rings. The summed E-state index contributed by atoms with van der Waals surface area (Å²) in [5.41, 5.74) is 1.45. The number of anilines is 1. The second kappa shape index (κ2) is 6.07. The fourth-order valence-electron chi connectivity index (χ4n) is 2.20. The number of hydrogen-bond donors (Lipinski definition) is 2. The average Bonchev–Trinajstić information content (AvgIpc) is 3.16. The molecule has 7 nitrogen and oxygen atoms in total. The number of carbonyl (C=O) groups excluding carboxylic acids is 2. The third kappa shape index (κ3) is 2.89. The van der Waals surface area contributed by atoms with Gasteiger partial charge in [0.1, 0.15) is 0 Å². The molecule has 1 aromatic heterocycles. The molecule has 1 aromatic carbocycles. The Labute approximate surface area is 131 Å². The summed E-state index contributed by atoms with van der Waals surface area (Å²) in [7, 11) is 0. The summed E-state index contributed by atoms with van der Waals surface area (Å²) >= 11 is 6.23. The highest BCUT2D eigenvalue weighted by Gasteiger charge is 2.25. The fourth-order valence-corrected chi connectivity index (χ4v) is 2.46. The molecule has 3 rings (SSSR count). The number of amides is 3. The Morgan fingerprint density at radius 1 is 1.45 bits per heavy atom. The van der Waals surface area contributed by atoms with Gasteiger partial charge in [-0.2, -0.15) is 5.10 Å². The summed E-state index contributed by atoms with van der Waals surface area (Å²) in [6.45, 7) is 0.929. The van der Waals surface area contributed by atoms with Gasteiger partial charge in [0.2, 0.25) is 5.91 Å². The van der Waals surface area contributed by atoms with Crippen LogP contribution < -0.4 is 10.6 Å². The first-order valence-electron chi connectivity index (χ1n) is 6.77. The lowest BCUT2D eigenvalue weighted by atomic mass is 10.2.